The standard InChI is InChI=1S/C27H21ClFNO3/c1-27(2,3)16-6-4-15(5-7-16)23-22-24(31)20-14-17(28)8-13-21(20)33-25(22)26(32)30(23)19-11-9-18(29)10-12-19/h4-14,23H,1-3H3. The third-order valence-corrected chi connectivity index (χ3v) is 6.26. The summed E-state index contributed by atoms with van der Waals surface area (Å²) in [4.78, 5) is 28.6. The van der Waals surface area contributed by atoms with Crippen LogP contribution in [0.5, 0.6) is 0 Å². The Kier molecular flexibility index (Phi) is 4.91. The van der Waals surface area contributed by atoms with Crippen molar-refractivity contribution in [1.29, 1.82) is 0 Å². The molecule has 0 spiro atoms. The van der Waals surface area contributed by atoms with Gasteiger partial charge in [0.1, 0.15) is 11.4 Å². The van der Waals surface area contributed by atoms with Crippen LogP contribution in [0.1, 0.15) is 54.1 Å². The summed E-state index contributed by atoms with van der Waals surface area (Å²) in [6.45, 7) is 6.35. The van der Waals surface area contributed by atoms with Gasteiger partial charge in [-0.15, -0.1) is 0 Å². The lowest BCUT2D eigenvalue weighted by atomic mass is 9.86. The molecule has 166 valence electrons. The first-order valence-electron chi connectivity index (χ1n) is 10.6. The maximum atomic E-state index is 13.6. The van der Waals surface area contributed by atoms with E-state index in [2.05, 4.69) is 20.8 Å². The Labute approximate surface area is 195 Å². The molecule has 5 rings (SSSR count). The molecule has 0 fully saturated rings. The molecule has 4 nitrogen and oxygen atoms in total. The molecule has 1 aliphatic heterocycles. The van der Waals surface area contributed by atoms with Crippen LogP contribution in [0, 0.1) is 5.82 Å². The number of anilines is 1. The fourth-order valence-corrected chi connectivity index (χ4v) is 4.47. The Bertz CT molecular complexity index is 1450. The summed E-state index contributed by atoms with van der Waals surface area (Å²) in [5.74, 6) is -0.872. The lowest BCUT2D eigenvalue weighted by molar-refractivity contribution is 0.0971. The fourth-order valence-electron chi connectivity index (χ4n) is 4.29. The van der Waals surface area contributed by atoms with Crippen LogP contribution in [0.15, 0.2) is 75.9 Å². The minimum absolute atomic E-state index is 0.0101. The smallest absolute Gasteiger partial charge is 0.295 e. The summed E-state index contributed by atoms with van der Waals surface area (Å²) >= 11 is 6.13. The summed E-state index contributed by atoms with van der Waals surface area (Å²) < 4.78 is 19.6. The molecule has 4 aromatic rings. The molecule has 6 heteroatoms. The molecule has 1 aromatic heterocycles. The van der Waals surface area contributed by atoms with Gasteiger partial charge in [-0.3, -0.25) is 14.5 Å². The first kappa shape index (κ1) is 21.4. The Morgan fingerprint density at radius 3 is 2.24 bits per heavy atom. The van der Waals surface area contributed by atoms with E-state index in [0.717, 1.165) is 11.1 Å². The first-order chi connectivity index (χ1) is 15.6. The van der Waals surface area contributed by atoms with Crippen molar-refractivity contribution in [3.05, 3.63) is 110 Å². The van der Waals surface area contributed by atoms with E-state index in [1.54, 1.807) is 18.2 Å². The van der Waals surface area contributed by atoms with Gasteiger partial charge in [0.15, 0.2) is 5.43 Å². The summed E-state index contributed by atoms with van der Waals surface area (Å²) in [6, 6.07) is 17.5. The van der Waals surface area contributed by atoms with Crippen LogP contribution in [-0.4, -0.2) is 5.91 Å². The molecule has 0 bridgehead atoms. The number of fused-ring (bicyclic) bond motifs is 2. The third-order valence-electron chi connectivity index (χ3n) is 6.03. The van der Waals surface area contributed by atoms with Crippen molar-refractivity contribution in [2.24, 2.45) is 0 Å². The van der Waals surface area contributed by atoms with E-state index >= 15 is 0 Å². The monoisotopic (exact) mass is 461 g/mol. The van der Waals surface area contributed by atoms with Gasteiger partial charge in [0, 0.05) is 10.7 Å². The van der Waals surface area contributed by atoms with Gasteiger partial charge in [0.25, 0.3) is 5.91 Å². The Hall–Kier alpha value is -3.44. The van der Waals surface area contributed by atoms with Crippen molar-refractivity contribution in [1.82, 2.24) is 0 Å². The number of hydrogen-bond donors (Lipinski definition) is 0. The van der Waals surface area contributed by atoms with Gasteiger partial charge in [-0.1, -0.05) is 56.6 Å². The Balaban J connectivity index is 1.77. The molecule has 0 N–H and O–H groups in total. The number of nitrogens with zero attached hydrogens (tertiary/aromatic N) is 1. The van der Waals surface area contributed by atoms with Crippen LogP contribution in [0.2, 0.25) is 5.02 Å². The molecule has 0 aliphatic carbocycles. The lowest BCUT2D eigenvalue weighted by Gasteiger charge is -2.26. The number of rotatable bonds is 2. The number of hydrogen-bond acceptors (Lipinski definition) is 3. The van der Waals surface area contributed by atoms with Gasteiger partial charge >= 0.3 is 0 Å². The largest absolute Gasteiger partial charge is 0.450 e. The summed E-state index contributed by atoms with van der Waals surface area (Å²) in [7, 11) is 0. The van der Waals surface area contributed by atoms with Crippen molar-refractivity contribution >= 4 is 34.2 Å². The minimum Gasteiger partial charge on any atom is -0.450 e. The fraction of sp³-hybridized carbons (Fsp3) is 0.185. The number of halogens is 2. The summed E-state index contributed by atoms with van der Waals surface area (Å²) in [5, 5.41) is 0.715. The first-order valence-corrected chi connectivity index (χ1v) is 11.0. The van der Waals surface area contributed by atoms with Crippen LogP contribution < -0.4 is 10.3 Å². The van der Waals surface area contributed by atoms with Crippen LogP contribution in [0.25, 0.3) is 11.0 Å². The van der Waals surface area contributed by atoms with Gasteiger partial charge in [-0.2, -0.15) is 0 Å². The highest BCUT2D eigenvalue weighted by Crippen LogP contribution is 2.41. The molecule has 2 heterocycles. The molecule has 1 amide bonds. The van der Waals surface area contributed by atoms with Crippen LogP contribution in [0.3, 0.4) is 0 Å². The maximum Gasteiger partial charge on any atom is 0.295 e. The van der Waals surface area contributed by atoms with E-state index < -0.39 is 17.8 Å². The average molecular weight is 462 g/mol. The molecule has 1 aliphatic rings. The van der Waals surface area contributed by atoms with E-state index in [1.165, 1.54) is 29.2 Å². The van der Waals surface area contributed by atoms with E-state index in [-0.39, 0.29) is 22.2 Å². The second-order valence-electron chi connectivity index (χ2n) is 9.24. The highest BCUT2D eigenvalue weighted by Gasteiger charge is 2.43. The predicted molar refractivity (Wildman–Crippen MR) is 128 cm³/mol. The Morgan fingerprint density at radius 2 is 1.61 bits per heavy atom. The number of amides is 1. The second-order valence-corrected chi connectivity index (χ2v) is 9.68. The summed E-state index contributed by atoms with van der Waals surface area (Å²) in [5.41, 5.74) is 2.54. The molecule has 1 unspecified atom stereocenters. The molecular formula is C27H21ClFNO3. The van der Waals surface area contributed by atoms with Gasteiger partial charge in [0.05, 0.1) is 17.0 Å². The molecular weight excluding hydrogens is 441 g/mol. The topological polar surface area (TPSA) is 50.5 Å². The number of carbonyl (C=O) groups is 1. The number of benzene rings is 3. The molecule has 1 atom stereocenters. The zero-order chi connectivity index (χ0) is 23.5. The normalized spacial score (nSPS) is 15.8. The summed E-state index contributed by atoms with van der Waals surface area (Å²) in [6.07, 6.45) is 0. The van der Waals surface area contributed by atoms with Crippen molar-refractivity contribution < 1.29 is 13.6 Å². The van der Waals surface area contributed by atoms with Crippen molar-refractivity contribution in [2.75, 3.05) is 4.90 Å². The molecule has 0 saturated carbocycles. The van der Waals surface area contributed by atoms with Crippen molar-refractivity contribution in [3.63, 3.8) is 0 Å². The molecule has 0 saturated heterocycles. The number of carbonyl (C=O) groups excluding carboxylic acids is 1. The van der Waals surface area contributed by atoms with E-state index in [4.69, 9.17) is 16.0 Å². The second kappa shape index (κ2) is 7.56. The average Bonchev–Trinajstić information content (AvgIpc) is 3.07. The van der Waals surface area contributed by atoms with Crippen molar-refractivity contribution in [2.45, 2.75) is 32.2 Å². The molecule has 3 aromatic carbocycles. The Morgan fingerprint density at radius 1 is 0.939 bits per heavy atom. The van der Waals surface area contributed by atoms with Crippen LogP contribution in [0.4, 0.5) is 10.1 Å². The quantitative estimate of drug-likeness (QED) is 0.336. The SMILES string of the molecule is CC(C)(C)c1ccc(C2c3c(oc4ccc(Cl)cc4c3=O)C(=O)N2c2ccc(F)cc2)cc1. The van der Waals surface area contributed by atoms with Crippen molar-refractivity contribution in [3.8, 4) is 0 Å². The van der Waals surface area contributed by atoms with Crippen LogP contribution >= 0.6 is 11.6 Å². The lowest BCUT2D eigenvalue weighted by Crippen LogP contribution is -2.29. The van der Waals surface area contributed by atoms with Crippen LogP contribution in [-0.2, 0) is 5.41 Å². The van der Waals surface area contributed by atoms with E-state index in [0.29, 0.717) is 21.7 Å². The molecule has 33 heavy (non-hydrogen) atoms. The highest BCUT2D eigenvalue weighted by atomic mass is 35.5. The van der Waals surface area contributed by atoms with E-state index in [1.807, 2.05) is 24.3 Å². The maximum absolute atomic E-state index is 13.6. The zero-order valence-electron chi connectivity index (χ0n) is 18.4. The van der Waals surface area contributed by atoms with Gasteiger partial charge in [-0.25, -0.2) is 4.39 Å². The minimum atomic E-state index is -0.716. The van der Waals surface area contributed by atoms with Gasteiger partial charge in [-0.05, 0) is 59.0 Å². The van der Waals surface area contributed by atoms with Gasteiger partial charge < -0.3 is 4.42 Å². The van der Waals surface area contributed by atoms with E-state index in [9.17, 15) is 14.0 Å². The highest BCUT2D eigenvalue weighted by molar-refractivity contribution is 6.31. The predicted octanol–water partition coefficient (Wildman–Crippen LogP) is 6.63. The zero-order valence-corrected chi connectivity index (χ0v) is 19.1. The van der Waals surface area contributed by atoms with Gasteiger partial charge in [0.2, 0.25) is 5.76 Å². The molecule has 0 radical (unpaired) electrons. The third kappa shape index (κ3) is 3.53.